The number of benzene rings is 2. The lowest BCUT2D eigenvalue weighted by Gasteiger charge is -2.17. The first kappa shape index (κ1) is 13.6. The Morgan fingerprint density at radius 2 is 1.83 bits per heavy atom. The van der Waals surface area contributed by atoms with E-state index in [9.17, 15) is 0 Å². The van der Waals surface area contributed by atoms with E-state index in [0.29, 0.717) is 6.01 Å². The number of anilines is 1. The maximum Gasteiger partial charge on any atom is 0.296 e. The van der Waals surface area contributed by atoms with Crippen molar-refractivity contribution in [3.63, 3.8) is 0 Å². The summed E-state index contributed by atoms with van der Waals surface area (Å²) in [4.78, 5) is 8.98. The Morgan fingerprint density at radius 3 is 2.57 bits per heavy atom. The zero-order chi connectivity index (χ0) is 15.6. The van der Waals surface area contributed by atoms with Gasteiger partial charge in [-0.15, -0.1) is 0 Å². The summed E-state index contributed by atoms with van der Waals surface area (Å²) in [6, 6.07) is 18.2. The average Bonchev–Trinajstić information content (AvgIpc) is 3.19. The van der Waals surface area contributed by atoms with Crippen molar-refractivity contribution in [1.29, 1.82) is 0 Å². The molecule has 0 aliphatic carbocycles. The maximum atomic E-state index is 5.80. The van der Waals surface area contributed by atoms with E-state index < -0.39 is 0 Å². The second-order valence-corrected chi connectivity index (χ2v) is 5.37. The third kappa shape index (κ3) is 2.57. The number of aromatic nitrogens is 3. The molecule has 0 aliphatic rings. The zero-order valence-corrected chi connectivity index (χ0v) is 12.7. The van der Waals surface area contributed by atoms with E-state index in [-0.39, 0.29) is 6.04 Å². The number of rotatable bonds is 4. The van der Waals surface area contributed by atoms with Gasteiger partial charge in [0.2, 0.25) is 0 Å². The van der Waals surface area contributed by atoms with Gasteiger partial charge >= 0.3 is 0 Å². The number of imidazole rings is 1. The summed E-state index contributed by atoms with van der Waals surface area (Å²) in [6.07, 6.45) is 3.72. The van der Waals surface area contributed by atoms with Crippen molar-refractivity contribution in [2.75, 3.05) is 5.32 Å². The molecule has 0 spiro atoms. The van der Waals surface area contributed by atoms with Crippen molar-refractivity contribution >= 4 is 17.1 Å². The Labute approximate surface area is 133 Å². The zero-order valence-electron chi connectivity index (χ0n) is 12.7. The largest absolute Gasteiger partial charge is 0.424 e. The number of fused-ring (bicyclic) bond motifs is 1. The predicted octanol–water partition coefficient (Wildman–Crippen LogP) is 3.76. The third-order valence-corrected chi connectivity index (χ3v) is 3.81. The lowest BCUT2D eigenvalue weighted by Crippen LogP contribution is -2.16. The highest BCUT2D eigenvalue weighted by molar-refractivity contribution is 5.74. The quantitative estimate of drug-likeness (QED) is 0.623. The van der Waals surface area contributed by atoms with Gasteiger partial charge in [0.15, 0.2) is 5.58 Å². The van der Waals surface area contributed by atoms with Gasteiger partial charge in [-0.05, 0) is 17.7 Å². The Morgan fingerprint density at radius 1 is 1.04 bits per heavy atom. The van der Waals surface area contributed by atoms with Gasteiger partial charge in [-0.3, -0.25) is 0 Å². The van der Waals surface area contributed by atoms with Crippen LogP contribution in [0, 0.1) is 0 Å². The van der Waals surface area contributed by atoms with Gasteiger partial charge in [-0.2, -0.15) is 4.98 Å². The molecule has 0 saturated carbocycles. The summed E-state index contributed by atoms with van der Waals surface area (Å²) in [6.45, 7) is 0. The van der Waals surface area contributed by atoms with Crippen molar-refractivity contribution in [1.82, 2.24) is 14.5 Å². The molecule has 1 N–H and O–H groups in total. The van der Waals surface area contributed by atoms with E-state index in [1.165, 1.54) is 0 Å². The van der Waals surface area contributed by atoms with E-state index in [4.69, 9.17) is 4.42 Å². The summed E-state index contributed by atoms with van der Waals surface area (Å²) >= 11 is 0. The smallest absolute Gasteiger partial charge is 0.296 e. The van der Waals surface area contributed by atoms with Crippen LogP contribution < -0.4 is 5.32 Å². The molecule has 0 bridgehead atoms. The highest BCUT2D eigenvalue weighted by Crippen LogP contribution is 2.27. The van der Waals surface area contributed by atoms with Crippen molar-refractivity contribution in [3.8, 4) is 0 Å². The van der Waals surface area contributed by atoms with E-state index in [0.717, 1.165) is 22.5 Å². The molecule has 0 aliphatic heterocycles. The maximum absolute atomic E-state index is 5.80. The Balaban J connectivity index is 1.75. The second-order valence-electron chi connectivity index (χ2n) is 5.37. The Hall–Kier alpha value is -3.08. The fourth-order valence-electron chi connectivity index (χ4n) is 2.66. The van der Waals surface area contributed by atoms with Gasteiger partial charge in [0, 0.05) is 19.4 Å². The van der Waals surface area contributed by atoms with Gasteiger partial charge in [-0.1, -0.05) is 42.5 Å². The van der Waals surface area contributed by atoms with Crippen LogP contribution in [-0.2, 0) is 7.05 Å². The first-order valence-electron chi connectivity index (χ1n) is 7.45. The van der Waals surface area contributed by atoms with Crippen molar-refractivity contribution in [2.45, 2.75) is 6.04 Å². The minimum Gasteiger partial charge on any atom is -0.424 e. The summed E-state index contributed by atoms with van der Waals surface area (Å²) in [7, 11) is 1.98. The first-order chi connectivity index (χ1) is 11.3. The van der Waals surface area contributed by atoms with Crippen LogP contribution in [0.4, 0.5) is 6.01 Å². The summed E-state index contributed by atoms with van der Waals surface area (Å²) in [5.74, 6) is 0.901. The molecule has 0 amide bonds. The number of oxazole rings is 1. The van der Waals surface area contributed by atoms with Gasteiger partial charge in [0.1, 0.15) is 17.4 Å². The molecule has 2 heterocycles. The van der Waals surface area contributed by atoms with Crippen LogP contribution in [0.3, 0.4) is 0 Å². The molecule has 0 fully saturated rings. The van der Waals surface area contributed by atoms with Crippen LogP contribution in [0.5, 0.6) is 0 Å². The van der Waals surface area contributed by atoms with E-state index in [1.807, 2.05) is 60.3 Å². The normalized spacial score (nSPS) is 12.4. The van der Waals surface area contributed by atoms with E-state index in [2.05, 4.69) is 27.4 Å². The number of nitrogens with one attached hydrogen (secondary N) is 1. The summed E-state index contributed by atoms with van der Waals surface area (Å²) in [5, 5.41) is 3.37. The van der Waals surface area contributed by atoms with E-state index >= 15 is 0 Å². The molecule has 2 aromatic heterocycles. The number of para-hydroxylation sites is 2. The van der Waals surface area contributed by atoms with Crippen LogP contribution in [-0.4, -0.2) is 14.5 Å². The molecule has 4 rings (SSSR count). The Kier molecular flexibility index (Phi) is 3.31. The standard InChI is InChI=1S/C18H16N4O/c1-22-12-11-19-17(22)16(13-7-3-2-4-8-13)21-18-20-14-9-5-6-10-15(14)23-18/h2-12,16H,1H3,(H,20,21). The number of nitrogens with zero attached hydrogens (tertiary/aromatic N) is 3. The van der Waals surface area contributed by atoms with Crippen LogP contribution >= 0.6 is 0 Å². The van der Waals surface area contributed by atoms with Gasteiger partial charge in [0.25, 0.3) is 6.01 Å². The fourth-order valence-corrected chi connectivity index (χ4v) is 2.66. The van der Waals surface area contributed by atoms with Crippen molar-refractivity contribution in [3.05, 3.63) is 78.4 Å². The molecule has 1 unspecified atom stereocenters. The van der Waals surface area contributed by atoms with Crippen molar-refractivity contribution in [2.24, 2.45) is 7.05 Å². The molecular weight excluding hydrogens is 288 g/mol. The van der Waals surface area contributed by atoms with Gasteiger partial charge in [-0.25, -0.2) is 4.98 Å². The fraction of sp³-hybridized carbons (Fsp3) is 0.111. The molecule has 5 heteroatoms. The number of aryl methyl sites for hydroxylation is 1. The minimum absolute atomic E-state index is 0.135. The lowest BCUT2D eigenvalue weighted by molar-refractivity contribution is 0.600. The van der Waals surface area contributed by atoms with Gasteiger partial charge in [0.05, 0.1) is 0 Å². The minimum atomic E-state index is -0.135. The molecular formula is C18H16N4O. The van der Waals surface area contributed by atoms with Crippen LogP contribution in [0.15, 0.2) is 71.4 Å². The highest BCUT2D eigenvalue weighted by Gasteiger charge is 2.20. The molecule has 0 radical (unpaired) electrons. The van der Waals surface area contributed by atoms with E-state index in [1.54, 1.807) is 6.20 Å². The predicted molar refractivity (Wildman–Crippen MR) is 89.1 cm³/mol. The van der Waals surface area contributed by atoms with Crippen LogP contribution in [0.25, 0.3) is 11.1 Å². The average molecular weight is 304 g/mol. The molecule has 5 nitrogen and oxygen atoms in total. The first-order valence-corrected chi connectivity index (χ1v) is 7.45. The van der Waals surface area contributed by atoms with Gasteiger partial charge < -0.3 is 14.3 Å². The molecule has 114 valence electrons. The SMILES string of the molecule is Cn1ccnc1C(Nc1nc2ccccc2o1)c1ccccc1. The molecule has 2 aromatic carbocycles. The molecule has 4 aromatic rings. The topological polar surface area (TPSA) is 55.9 Å². The van der Waals surface area contributed by atoms with Crippen LogP contribution in [0.1, 0.15) is 17.4 Å². The number of hydrogen-bond donors (Lipinski definition) is 1. The van der Waals surface area contributed by atoms with Crippen molar-refractivity contribution < 1.29 is 4.42 Å². The summed E-state index contributed by atoms with van der Waals surface area (Å²) < 4.78 is 7.79. The molecule has 23 heavy (non-hydrogen) atoms. The monoisotopic (exact) mass is 304 g/mol. The van der Waals surface area contributed by atoms with Crippen LogP contribution in [0.2, 0.25) is 0 Å². The second kappa shape index (κ2) is 5.61. The third-order valence-electron chi connectivity index (χ3n) is 3.81. The lowest BCUT2D eigenvalue weighted by atomic mass is 10.1. The molecule has 1 atom stereocenters. The summed E-state index contributed by atoms with van der Waals surface area (Å²) in [5.41, 5.74) is 2.70. The molecule has 0 saturated heterocycles. The number of hydrogen-bond acceptors (Lipinski definition) is 4. The highest BCUT2D eigenvalue weighted by atomic mass is 16.4. The Bertz CT molecular complexity index is 893.